The molecule has 4 N–H and O–H groups in total. The molecule has 0 saturated carbocycles. The SMILES string of the molecule is CC.CC.CCNCNC(C)(C)C.CCNCNC(C)(C)C.[CH2-]C[CH2-].[CH2-]C[CH2-].[Co]. The summed E-state index contributed by atoms with van der Waals surface area (Å²) in [6.45, 7) is 42.5. The topological polar surface area (TPSA) is 48.1 Å². The van der Waals surface area contributed by atoms with Gasteiger partial charge in [0.2, 0.25) is 0 Å². The van der Waals surface area contributed by atoms with Crippen LogP contribution in [-0.4, -0.2) is 37.5 Å². The van der Waals surface area contributed by atoms with Gasteiger partial charge in [0, 0.05) is 41.2 Å². The molecular weight excluding hydrogens is 403 g/mol. The van der Waals surface area contributed by atoms with Crippen LogP contribution >= 0.6 is 0 Å². The van der Waals surface area contributed by atoms with Crippen LogP contribution in [0.15, 0.2) is 0 Å². The van der Waals surface area contributed by atoms with Gasteiger partial charge < -0.3 is 51.2 Å². The smallest absolute Gasteiger partial charge is 0.0458 e. The van der Waals surface area contributed by atoms with Gasteiger partial charge in [-0.05, 0) is 54.6 Å². The number of hydrogen-bond acceptors (Lipinski definition) is 4. The summed E-state index contributed by atoms with van der Waals surface area (Å²) in [7, 11) is 0. The molecule has 5 heteroatoms. The molecule has 0 aromatic carbocycles. The van der Waals surface area contributed by atoms with E-state index in [2.05, 4.69) is 104 Å². The second-order valence-corrected chi connectivity index (χ2v) is 7.12. The van der Waals surface area contributed by atoms with Crippen molar-refractivity contribution in [2.24, 2.45) is 0 Å². The second kappa shape index (κ2) is 42.5. The fraction of sp³-hybridized carbons (Fsp3) is 0.833. The zero-order valence-electron chi connectivity index (χ0n) is 22.4. The van der Waals surface area contributed by atoms with Crippen molar-refractivity contribution in [1.82, 2.24) is 21.3 Å². The summed E-state index contributed by atoms with van der Waals surface area (Å²) in [5.41, 5.74) is 0.477. The zero-order valence-corrected chi connectivity index (χ0v) is 23.4. The average molecular weight is 464 g/mol. The molecule has 29 heavy (non-hydrogen) atoms. The van der Waals surface area contributed by atoms with Gasteiger partial charge in [-0.3, -0.25) is 10.6 Å². The molecule has 0 spiro atoms. The molecule has 0 aromatic heterocycles. The zero-order chi connectivity index (χ0) is 24.1. The summed E-state index contributed by atoms with van der Waals surface area (Å²) in [5, 5.41) is 13.0. The van der Waals surface area contributed by atoms with Gasteiger partial charge in [0.1, 0.15) is 0 Å². The van der Waals surface area contributed by atoms with Crippen LogP contribution in [0.2, 0.25) is 0 Å². The van der Waals surface area contributed by atoms with Crippen molar-refractivity contribution in [3.63, 3.8) is 0 Å². The third-order valence-corrected chi connectivity index (χ3v) is 1.99. The van der Waals surface area contributed by atoms with E-state index in [0.29, 0.717) is 0 Å². The van der Waals surface area contributed by atoms with Crippen molar-refractivity contribution in [1.29, 1.82) is 0 Å². The number of rotatable bonds is 6. The maximum atomic E-state index is 3.38. The van der Waals surface area contributed by atoms with Crippen LogP contribution in [0.5, 0.6) is 0 Å². The van der Waals surface area contributed by atoms with Crippen molar-refractivity contribution in [2.75, 3.05) is 26.4 Å². The minimum Gasteiger partial charge on any atom is -0.372 e. The summed E-state index contributed by atoms with van der Waals surface area (Å²) in [4.78, 5) is 0. The molecule has 0 aliphatic heterocycles. The van der Waals surface area contributed by atoms with Crippen LogP contribution in [0, 0.1) is 27.7 Å². The van der Waals surface area contributed by atoms with Gasteiger partial charge in [0.25, 0.3) is 0 Å². The Hall–Kier alpha value is 0.346. The molecule has 0 atom stereocenters. The van der Waals surface area contributed by atoms with Gasteiger partial charge in [0.15, 0.2) is 0 Å². The Morgan fingerprint density at radius 1 is 0.552 bits per heavy atom. The predicted molar refractivity (Wildman–Crippen MR) is 136 cm³/mol. The second-order valence-electron chi connectivity index (χ2n) is 7.12. The molecule has 0 rings (SSSR count). The van der Waals surface area contributed by atoms with E-state index < -0.39 is 0 Å². The van der Waals surface area contributed by atoms with E-state index in [0.717, 1.165) is 39.3 Å². The van der Waals surface area contributed by atoms with Crippen molar-refractivity contribution in [3.8, 4) is 0 Å². The normalized spacial score (nSPS) is 9.10. The molecule has 0 unspecified atom stereocenters. The van der Waals surface area contributed by atoms with Gasteiger partial charge in [-0.1, -0.05) is 41.5 Å². The first kappa shape index (κ1) is 47.2. The van der Waals surface area contributed by atoms with E-state index in [4.69, 9.17) is 0 Å². The third kappa shape index (κ3) is 129. The first-order valence-corrected chi connectivity index (χ1v) is 11.0. The fourth-order valence-corrected chi connectivity index (χ4v) is 0.905. The predicted octanol–water partition coefficient (Wildman–Crippen LogP) is 6.02. The fourth-order valence-electron chi connectivity index (χ4n) is 0.905. The van der Waals surface area contributed by atoms with Crippen LogP contribution in [0.4, 0.5) is 0 Å². The monoisotopic (exact) mass is 463 g/mol. The van der Waals surface area contributed by atoms with Gasteiger partial charge in [-0.2, -0.15) is 0 Å². The van der Waals surface area contributed by atoms with Crippen LogP contribution in [0.25, 0.3) is 0 Å². The number of hydrogen-bond donors (Lipinski definition) is 4. The summed E-state index contributed by atoms with van der Waals surface area (Å²) >= 11 is 0. The van der Waals surface area contributed by atoms with Crippen LogP contribution in [-0.2, 0) is 16.8 Å². The van der Waals surface area contributed by atoms with Crippen LogP contribution < -0.4 is 21.3 Å². The first-order chi connectivity index (χ1) is 12.9. The van der Waals surface area contributed by atoms with Crippen molar-refractivity contribution in [3.05, 3.63) is 27.7 Å². The average Bonchev–Trinajstić information content (AvgIpc) is 2.59. The molecule has 0 amide bonds. The largest absolute Gasteiger partial charge is 0.372 e. The molecule has 0 aromatic rings. The Bertz CT molecular complexity index is 178. The Morgan fingerprint density at radius 2 is 0.724 bits per heavy atom. The molecule has 189 valence electrons. The molecule has 0 fully saturated rings. The first-order valence-electron chi connectivity index (χ1n) is 11.0. The van der Waals surface area contributed by atoms with Crippen molar-refractivity contribution >= 4 is 0 Å². The molecule has 1 radical (unpaired) electrons. The Balaban J connectivity index is -0.0000000452. The van der Waals surface area contributed by atoms with Crippen molar-refractivity contribution in [2.45, 2.75) is 107 Å². The Labute approximate surface area is 199 Å². The molecule has 0 saturated heterocycles. The quantitative estimate of drug-likeness (QED) is 0.221. The van der Waals surface area contributed by atoms with E-state index in [1.807, 2.05) is 27.7 Å². The van der Waals surface area contributed by atoms with Gasteiger partial charge >= 0.3 is 0 Å². The van der Waals surface area contributed by atoms with Crippen molar-refractivity contribution < 1.29 is 16.8 Å². The van der Waals surface area contributed by atoms with E-state index in [1.165, 1.54) is 0 Å². The molecule has 0 aliphatic rings. The van der Waals surface area contributed by atoms with Gasteiger partial charge in [-0.25, -0.2) is 0 Å². The van der Waals surface area contributed by atoms with Gasteiger partial charge in [-0.15, -0.1) is 0 Å². The Morgan fingerprint density at radius 3 is 0.828 bits per heavy atom. The minimum absolute atomic E-state index is 0. The Kier molecular flexibility index (Phi) is 69.1. The molecule has 0 aliphatic carbocycles. The standard InChI is InChI=1S/2C7H18N2.2C3H6.2C2H6.Co/c2*1-5-8-6-9-7(2,3)4;2*1-3-2;2*1-2;/h2*8-9H,5-6H2,1-4H3;2*1-3H2;2*1-2H3;/q;;2*-2;;;. The van der Waals surface area contributed by atoms with E-state index >= 15 is 0 Å². The molecule has 0 bridgehead atoms. The van der Waals surface area contributed by atoms with E-state index in [9.17, 15) is 0 Å². The molecule has 0 heterocycles. The van der Waals surface area contributed by atoms with E-state index in [-0.39, 0.29) is 27.9 Å². The van der Waals surface area contributed by atoms with Gasteiger partial charge in [0.05, 0.1) is 0 Å². The van der Waals surface area contributed by atoms with Crippen LogP contribution in [0.1, 0.15) is 95.9 Å². The minimum atomic E-state index is 0. The summed E-state index contributed by atoms with van der Waals surface area (Å²) in [6, 6.07) is 0. The summed E-state index contributed by atoms with van der Waals surface area (Å²) in [5.74, 6) is 0. The maximum absolute atomic E-state index is 3.38. The third-order valence-electron chi connectivity index (χ3n) is 1.99. The summed E-state index contributed by atoms with van der Waals surface area (Å²) in [6.07, 6.45) is 1.50. The number of nitrogens with one attached hydrogen (secondary N) is 4. The molecule has 4 nitrogen and oxygen atoms in total. The maximum Gasteiger partial charge on any atom is 0.0458 e. The summed E-state index contributed by atoms with van der Waals surface area (Å²) < 4.78 is 0. The van der Waals surface area contributed by atoms with Crippen LogP contribution in [0.3, 0.4) is 0 Å². The molecular formula is C24H60CoN4-4. The van der Waals surface area contributed by atoms with E-state index in [1.54, 1.807) is 0 Å².